The van der Waals surface area contributed by atoms with Crippen LogP contribution < -0.4 is 21.1 Å². The van der Waals surface area contributed by atoms with Crippen molar-refractivity contribution in [3.05, 3.63) is 24.3 Å². The zero-order chi connectivity index (χ0) is 23.6. The van der Waals surface area contributed by atoms with E-state index in [0.717, 1.165) is 0 Å². The fourth-order valence-corrected chi connectivity index (χ4v) is 2.83. The van der Waals surface area contributed by atoms with Crippen molar-refractivity contribution in [2.75, 3.05) is 25.5 Å². The number of hydrogen-bond donors (Lipinski definition) is 3. The van der Waals surface area contributed by atoms with Crippen molar-refractivity contribution in [3.63, 3.8) is 0 Å². The van der Waals surface area contributed by atoms with Crippen LogP contribution in [0.4, 0.5) is 10.1 Å². The molecule has 31 heavy (non-hydrogen) atoms. The molecule has 1 rings (SSSR count). The van der Waals surface area contributed by atoms with Crippen LogP contribution in [0.25, 0.3) is 0 Å². The molecule has 0 spiro atoms. The van der Waals surface area contributed by atoms with Gasteiger partial charge in [0.25, 0.3) is 17.4 Å². The summed E-state index contributed by atoms with van der Waals surface area (Å²) < 4.78 is 18.5. The molecule has 11 heteroatoms. The Morgan fingerprint density at radius 2 is 1.90 bits per heavy atom. The lowest BCUT2D eigenvalue weighted by Crippen LogP contribution is -2.53. The number of carbonyl (C=O) groups excluding carboxylic acids is 4. The molecule has 0 aromatic heterocycles. The number of nitrogens with zero attached hydrogens (tertiary/aromatic N) is 1. The molecule has 0 bridgehead atoms. The van der Waals surface area contributed by atoms with Crippen LogP contribution in [-0.2, 0) is 19.2 Å². The van der Waals surface area contributed by atoms with Gasteiger partial charge in [-0.1, -0.05) is 31.5 Å². The monoisotopic (exact) mass is 458 g/mol. The number of alkyl halides is 2. The topological polar surface area (TPSA) is 131 Å². The van der Waals surface area contributed by atoms with Crippen LogP contribution >= 0.6 is 11.6 Å². The van der Waals surface area contributed by atoms with Crippen LogP contribution in [0.15, 0.2) is 24.3 Å². The van der Waals surface area contributed by atoms with Gasteiger partial charge in [-0.3, -0.25) is 24.1 Å². The second-order valence-corrected chi connectivity index (χ2v) is 7.56. The highest BCUT2D eigenvalue weighted by Crippen LogP contribution is 2.16. The lowest BCUT2D eigenvalue weighted by molar-refractivity contribution is -0.149. The number of halogens is 2. The fourth-order valence-electron chi connectivity index (χ4n) is 2.71. The molecule has 1 aromatic carbocycles. The minimum absolute atomic E-state index is 0.0362. The van der Waals surface area contributed by atoms with E-state index in [1.165, 1.54) is 7.11 Å². The predicted molar refractivity (Wildman–Crippen MR) is 114 cm³/mol. The summed E-state index contributed by atoms with van der Waals surface area (Å²) in [6.45, 7) is 3.03. The van der Waals surface area contributed by atoms with Crippen molar-refractivity contribution in [1.29, 1.82) is 0 Å². The molecule has 0 aliphatic heterocycles. The van der Waals surface area contributed by atoms with Crippen molar-refractivity contribution >= 4 is 40.9 Å². The number of imide groups is 1. The summed E-state index contributed by atoms with van der Waals surface area (Å²) in [5.74, 6) is -2.91. The van der Waals surface area contributed by atoms with Crippen LogP contribution in [0.2, 0.25) is 0 Å². The fraction of sp³-hybridized carbons (Fsp3) is 0.500. The van der Waals surface area contributed by atoms with Gasteiger partial charge in [0, 0.05) is 24.7 Å². The molecule has 172 valence electrons. The smallest absolute Gasteiger partial charge is 0.279 e. The van der Waals surface area contributed by atoms with Crippen LogP contribution in [0.5, 0.6) is 5.75 Å². The third kappa shape index (κ3) is 9.20. The van der Waals surface area contributed by atoms with Gasteiger partial charge in [0.1, 0.15) is 11.8 Å². The normalized spacial score (nSPS) is 12.6. The Morgan fingerprint density at radius 1 is 1.23 bits per heavy atom. The maximum Gasteiger partial charge on any atom is 0.279 e. The molecule has 4 N–H and O–H groups in total. The maximum atomic E-state index is 13.4. The highest BCUT2D eigenvalue weighted by molar-refractivity contribution is 6.30. The van der Waals surface area contributed by atoms with Crippen LogP contribution in [0.3, 0.4) is 0 Å². The Kier molecular flexibility index (Phi) is 10.7. The van der Waals surface area contributed by atoms with E-state index in [4.69, 9.17) is 22.1 Å². The standard InChI is InChI=1S/C20H28ClFN4O5/c1-12(2)9-15(19(29)26(8-7-16(23)27)20(30)18(21)22)25-17(28)11-24-13-5-4-6-14(10-13)31-3/h4-6,10,12,15,18,24H,7-9,11H2,1-3H3,(H2,23,27)(H,25,28)/t15?,18-/m1/s1. The third-order valence-corrected chi connectivity index (χ3v) is 4.35. The number of rotatable bonds is 12. The Hall–Kier alpha value is -2.88. The van der Waals surface area contributed by atoms with E-state index >= 15 is 0 Å². The molecule has 0 fully saturated rings. The first-order valence-electron chi connectivity index (χ1n) is 9.64. The molecule has 0 heterocycles. The van der Waals surface area contributed by atoms with E-state index in [0.29, 0.717) is 16.3 Å². The van der Waals surface area contributed by atoms with Crippen molar-refractivity contribution in [1.82, 2.24) is 10.2 Å². The number of carbonyl (C=O) groups is 4. The summed E-state index contributed by atoms with van der Waals surface area (Å²) in [6, 6.07) is 5.79. The van der Waals surface area contributed by atoms with Gasteiger partial charge >= 0.3 is 0 Å². The van der Waals surface area contributed by atoms with Crippen LogP contribution in [0.1, 0.15) is 26.7 Å². The zero-order valence-electron chi connectivity index (χ0n) is 17.7. The Morgan fingerprint density at radius 3 is 2.45 bits per heavy atom. The minimum Gasteiger partial charge on any atom is -0.497 e. The van der Waals surface area contributed by atoms with E-state index in [1.54, 1.807) is 24.3 Å². The lowest BCUT2D eigenvalue weighted by Gasteiger charge is -2.27. The van der Waals surface area contributed by atoms with Gasteiger partial charge in [-0.05, 0) is 24.5 Å². The van der Waals surface area contributed by atoms with Crippen molar-refractivity contribution in [3.8, 4) is 5.75 Å². The lowest BCUT2D eigenvalue weighted by atomic mass is 10.0. The Bertz CT molecular complexity index is 791. The molecule has 0 radical (unpaired) electrons. The van der Waals surface area contributed by atoms with Crippen LogP contribution in [0, 0.1) is 5.92 Å². The summed E-state index contributed by atoms with van der Waals surface area (Å²) in [6.07, 6.45) is -0.176. The van der Waals surface area contributed by atoms with Gasteiger partial charge in [-0.2, -0.15) is 0 Å². The van der Waals surface area contributed by atoms with E-state index in [1.807, 2.05) is 13.8 Å². The second-order valence-electron chi connectivity index (χ2n) is 7.18. The maximum absolute atomic E-state index is 13.4. The SMILES string of the molecule is COc1cccc(NCC(=O)NC(CC(C)C)C(=O)N(CCC(N)=O)C(=O)[C@@H](F)Cl)c1. The van der Waals surface area contributed by atoms with Crippen LogP contribution in [-0.4, -0.2) is 60.4 Å². The highest BCUT2D eigenvalue weighted by Gasteiger charge is 2.33. The molecule has 0 aliphatic carbocycles. The van der Waals surface area contributed by atoms with Gasteiger partial charge in [0.05, 0.1) is 13.7 Å². The predicted octanol–water partition coefficient (Wildman–Crippen LogP) is 1.40. The zero-order valence-corrected chi connectivity index (χ0v) is 18.4. The average Bonchev–Trinajstić information content (AvgIpc) is 2.71. The summed E-state index contributed by atoms with van der Waals surface area (Å²) >= 11 is 5.21. The van der Waals surface area contributed by atoms with E-state index in [2.05, 4.69) is 10.6 Å². The number of amides is 4. The summed E-state index contributed by atoms with van der Waals surface area (Å²) in [4.78, 5) is 49.0. The number of anilines is 1. The molecule has 9 nitrogen and oxygen atoms in total. The van der Waals surface area contributed by atoms with E-state index in [9.17, 15) is 23.6 Å². The molecular weight excluding hydrogens is 431 g/mol. The van der Waals surface area contributed by atoms with Gasteiger partial charge in [-0.25, -0.2) is 4.39 Å². The minimum atomic E-state index is -2.47. The first-order chi connectivity index (χ1) is 14.5. The number of nitrogens with two attached hydrogens (primary N) is 1. The Balaban J connectivity index is 2.90. The molecule has 2 atom stereocenters. The van der Waals surface area contributed by atoms with Crippen molar-refractivity contribution in [2.45, 2.75) is 38.4 Å². The average molecular weight is 459 g/mol. The van der Waals surface area contributed by atoms with Crippen molar-refractivity contribution in [2.24, 2.45) is 11.7 Å². The number of nitrogens with one attached hydrogen (secondary N) is 2. The van der Waals surface area contributed by atoms with E-state index < -0.39 is 41.8 Å². The number of benzene rings is 1. The largest absolute Gasteiger partial charge is 0.497 e. The van der Waals surface area contributed by atoms with Gasteiger partial charge < -0.3 is 21.1 Å². The van der Waals surface area contributed by atoms with E-state index in [-0.39, 0.29) is 25.3 Å². The van der Waals surface area contributed by atoms with Gasteiger partial charge in [-0.15, -0.1) is 0 Å². The Labute approximate surface area is 185 Å². The summed E-state index contributed by atoms with van der Waals surface area (Å²) in [7, 11) is 1.52. The number of primary amides is 1. The first-order valence-corrected chi connectivity index (χ1v) is 10.1. The van der Waals surface area contributed by atoms with Gasteiger partial charge in [0.2, 0.25) is 11.8 Å². The van der Waals surface area contributed by atoms with Crippen molar-refractivity contribution < 1.29 is 28.3 Å². The molecular formula is C20H28ClFN4O5. The number of methoxy groups -OCH3 is 1. The number of hydrogen-bond acceptors (Lipinski definition) is 6. The molecule has 1 unspecified atom stereocenters. The molecule has 0 saturated heterocycles. The molecule has 0 saturated carbocycles. The highest BCUT2D eigenvalue weighted by atomic mass is 35.5. The first kappa shape index (κ1) is 26.2. The molecule has 4 amide bonds. The quantitative estimate of drug-likeness (QED) is 0.406. The summed E-state index contributed by atoms with van der Waals surface area (Å²) in [5, 5.41) is 5.45. The molecule has 1 aromatic rings. The second kappa shape index (κ2) is 12.7. The van der Waals surface area contributed by atoms with Gasteiger partial charge in [0.15, 0.2) is 0 Å². The summed E-state index contributed by atoms with van der Waals surface area (Å²) in [5.41, 5.74) is 3.22. The number of ether oxygens (including phenoxy) is 1. The third-order valence-electron chi connectivity index (χ3n) is 4.16. The molecule has 0 aliphatic rings.